The van der Waals surface area contributed by atoms with Gasteiger partial charge in [-0.2, -0.15) is 0 Å². The first-order valence-electron chi connectivity index (χ1n) is 7.25. The van der Waals surface area contributed by atoms with Crippen molar-refractivity contribution in [1.29, 1.82) is 0 Å². The second-order valence-electron chi connectivity index (χ2n) is 7.34. The Morgan fingerprint density at radius 1 is 1.05 bits per heavy atom. The van der Waals surface area contributed by atoms with Crippen LogP contribution in [0.5, 0.6) is 0 Å². The number of hydrogen-bond acceptors (Lipinski definition) is 1. The van der Waals surface area contributed by atoms with Crippen LogP contribution in [0.4, 0.5) is 0 Å². The molecule has 0 radical (unpaired) electrons. The molecule has 0 bridgehead atoms. The molecule has 1 aromatic carbocycles. The molecule has 0 aromatic heterocycles. The Hall–Kier alpha value is -0.780. The molecule has 4 heteroatoms. The Morgan fingerprint density at radius 2 is 1.57 bits per heavy atom. The summed E-state index contributed by atoms with van der Waals surface area (Å²) in [6, 6.07) is 8.78. The third-order valence-electron chi connectivity index (χ3n) is 3.01. The second-order valence-corrected chi connectivity index (χ2v) is 7.34. The Kier molecular flexibility index (Phi) is 7.71. The molecule has 0 spiro atoms. The van der Waals surface area contributed by atoms with E-state index in [2.05, 4.69) is 76.1 Å². The van der Waals surface area contributed by atoms with Gasteiger partial charge in [-0.05, 0) is 43.7 Å². The van der Waals surface area contributed by atoms with E-state index in [0.29, 0.717) is 12.5 Å². The van der Waals surface area contributed by atoms with E-state index < -0.39 is 0 Å². The highest BCUT2D eigenvalue weighted by molar-refractivity contribution is 14.0. The number of nitrogens with one attached hydrogen (secondary N) is 1. The van der Waals surface area contributed by atoms with Gasteiger partial charge in [-0.25, -0.2) is 0 Å². The summed E-state index contributed by atoms with van der Waals surface area (Å²) in [5.41, 5.74) is 8.67. The van der Waals surface area contributed by atoms with Crippen molar-refractivity contribution < 1.29 is 0 Å². The molecular formula is C17H30IN3. The highest BCUT2D eigenvalue weighted by Gasteiger charge is 2.12. The molecular weight excluding hydrogens is 373 g/mol. The average molecular weight is 403 g/mol. The molecule has 1 aromatic rings. The maximum absolute atomic E-state index is 5.84. The Balaban J connectivity index is 0.00000400. The van der Waals surface area contributed by atoms with E-state index in [4.69, 9.17) is 5.73 Å². The van der Waals surface area contributed by atoms with Gasteiger partial charge in [0.25, 0.3) is 0 Å². The summed E-state index contributed by atoms with van der Waals surface area (Å²) in [4.78, 5) is 4.36. The van der Waals surface area contributed by atoms with Crippen LogP contribution in [0.1, 0.15) is 52.7 Å². The zero-order chi connectivity index (χ0) is 15.4. The number of halogens is 1. The lowest BCUT2D eigenvalue weighted by atomic mass is 9.86. The molecule has 0 heterocycles. The molecule has 0 amide bonds. The average Bonchev–Trinajstić information content (AvgIpc) is 2.26. The highest BCUT2D eigenvalue weighted by Crippen LogP contribution is 2.22. The summed E-state index contributed by atoms with van der Waals surface area (Å²) in [5, 5.41) is 3.16. The third kappa shape index (κ3) is 8.29. The van der Waals surface area contributed by atoms with Gasteiger partial charge in [0.1, 0.15) is 0 Å². The zero-order valence-corrected chi connectivity index (χ0v) is 16.5. The monoisotopic (exact) mass is 403 g/mol. The van der Waals surface area contributed by atoms with E-state index in [0.717, 1.165) is 6.42 Å². The van der Waals surface area contributed by atoms with Gasteiger partial charge < -0.3 is 11.1 Å². The molecule has 3 nitrogen and oxygen atoms in total. The summed E-state index contributed by atoms with van der Waals surface area (Å²) in [6.07, 6.45) is 0.914. The molecule has 0 atom stereocenters. The van der Waals surface area contributed by atoms with E-state index in [1.54, 1.807) is 0 Å². The lowest BCUT2D eigenvalue weighted by molar-refractivity contribution is 0.508. The van der Waals surface area contributed by atoms with Gasteiger partial charge in [-0.15, -0.1) is 24.0 Å². The van der Waals surface area contributed by atoms with Crippen LogP contribution in [-0.2, 0) is 11.8 Å². The molecule has 0 saturated heterocycles. The molecule has 21 heavy (non-hydrogen) atoms. The Morgan fingerprint density at radius 3 is 2.00 bits per heavy atom. The van der Waals surface area contributed by atoms with Crippen molar-refractivity contribution >= 4 is 29.9 Å². The third-order valence-corrected chi connectivity index (χ3v) is 3.01. The van der Waals surface area contributed by atoms with Gasteiger partial charge in [0, 0.05) is 12.1 Å². The molecule has 0 saturated carbocycles. The van der Waals surface area contributed by atoms with E-state index in [9.17, 15) is 0 Å². The van der Waals surface area contributed by atoms with Gasteiger partial charge in [0.2, 0.25) is 0 Å². The Labute approximate surface area is 146 Å². The van der Waals surface area contributed by atoms with Gasteiger partial charge >= 0.3 is 0 Å². The van der Waals surface area contributed by atoms with E-state index >= 15 is 0 Å². The molecule has 0 unspecified atom stereocenters. The maximum atomic E-state index is 5.84. The van der Waals surface area contributed by atoms with Crippen molar-refractivity contribution in [3.63, 3.8) is 0 Å². The minimum atomic E-state index is -0.0397. The minimum absolute atomic E-state index is 0. The van der Waals surface area contributed by atoms with Gasteiger partial charge in [0.05, 0.1) is 0 Å². The maximum Gasteiger partial charge on any atom is 0.188 e. The topological polar surface area (TPSA) is 50.4 Å². The van der Waals surface area contributed by atoms with Crippen LogP contribution in [-0.4, -0.2) is 18.0 Å². The predicted molar refractivity (Wildman–Crippen MR) is 104 cm³/mol. The first-order valence-corrected chi connectivity index (χ1v) is 7.25. The van der Waals surface area contributed by atoms with Crippen LogP contribution in [0.25, 0.3) is 0 Å². The van der Waals surface area contributed by atoms with Gasteiger partial charge in [-0.3, -0.25) is 4.99 Å². The van der Waals surface area contributed by atoms with Crippen LogP contribution >= 0.6 is 24.0 Å². The quantitative estimate of drug-likeness (QED) is 0.458. The first-order chi connectivity index (χ1) is 9.08. The number of nitrogens with zero attached hydrogens (tertiary/aromatic N) is 1. The lowest BCUT2D eigenvalue weighted by Crippen LogP contribution is -2.45. The Bertz CT molecular complexity index is 450. The summed E-state index contributed by atoms with van der Waals surface area (Å²) in [5.74, 6) is 0.517. The number of aliphatic imine (C=N–C) groups is 1. The lowest BCUT2D eigenvalue weighted by Gasteiger charge is -2.21. The zero-order valence-electron chi connectivity index (χ0n) is 14.2. The predicted octanol–water partition coefficient (Wildman–Crippen LogP) is 3.85. The summed E-state index contributed by atoms with van der Waals surface area (Å²) >= 11 is 0. The number of rotatable bonds is 3. The van der Waals surface area contributed by atoms with E-state index in [1.165, 1.54) is 11.1 Å². The van der Waals surface area contributed by atoms with Gasteiger partial charge in [-0.1, -0.05) is 45.0 Å². The van der Waals surface area contributed by atoms with Crippen LogP contribution in [0.15, 0.2) is 29.3 Å². The fraction of sp³-hybridized carbons (Fsp3) is 0.588. The summed E-state index contributed by atoms with van der Waals surface area (Å²) in [7, 11) is 0. The summed E-state index contributed by atoms with van der Waals surface area (Å²) < 4.78 is 0. The largest absolute Gasteiger partial charge is 0.370 e. The molecule has 0 aliphatic rings. The van der Waals surface area contributed by atoms with Crippen molar-refractivity contribution in [3.05, 3.63) is 35.4 Å². The number of hydrogen-bond donors (Lipinski definition) is 2. The smallest absolute Gasteiger partial charge is 0.188 e. The second kappa shape index (κ2) is 8.01. The van der Waals surface area contributed by atoms with Crippen molar-refractivity contribution in [1.82, 2.24) is 5.32 Å². The van der Waals surface area contributed by atoms with Gasteiger partial charge in [0.15, 0.2) is 5.96 Å². The molecule has 0 fully saturated rings. The fourth-order valence-electron chi connectivity index (χ4n) is 1.90. The minimum Gasteiger partial charge on any atom is -0.370 e. The highest BCUT2D eigenvalue weighted by atomic mass is 127. The van der Waals surface area contributed by atoms with Crippen LogP contribution < -0.4 is 11.1 Å². The number of benzene rings is 1. The van der Waals surface area contributed by atoms with Crippen molar-refractivity contribution in [2.24, 2.45) is 10.7 Å². The molecule has 120 valence electrons. The SMILES string of the molecule is CC(C)(C)NC(N)=NCCc1ccc(C(C)(C)C)cc1.I. The van der Waals surface area contributed by atoms with Crippen LogP contribution in [0.2, 0.25) is 0 Å². The van der Waals surface area contributed by atoms with Crippen molar-refractivity contribution in [2.75, 3.05) is 6.54 Å². The van der Waals surface area contributed by atoms with Crippen LogP contribution in [0.3, 0.4) is 0 Å². The number of guanidine groups is 1. The van der Waals surface area contributed by atoms with Crippen molar-refractivity contribution in [2.45, 2.75) is 58.9 Å². The standard InChI is InChI=1S/C17H29N3.HI/c1-16(2,3)14-9-7-13(8-10-14)11-12-19-15(18)20-17(4,5)6;/h7-10H,11-12H2,1-6H3,(H3,18,19,20);1H. The van der Waals surface area contributed by atoms with E-state index in [-0.39, 0.29) is 34.9 Å². The van der Waals surface area contributed by atoms with E-state index in [1.807, 2.05) is 0 Å². The molecule has 0 aliphatic carbocycles. The van der Waals surface area contributed by atoms with Crippen LogP contribution in [0, 0.1) is 0 Å². The first kappa shape index (κ1) is 20.2. The molecule has 3 N–H and O–H groups in total. The number of nitrogens with two attached hydrogens (primary N) is 1. The molecule has 0 aliphatic heterocycles. The normalized spacial score (nSPS) is 12.8. The van der Waals surface area contributed by atoms with Crippen molar-refractivity contribution in [3.8, 4) is 0 Å². The fourth-order valence-corrected chi connectivity index (χ4v) is 1.90. The summed E-state index contributed by atoms with van der Waals surface area (Å²) in [6.45, 7) is 13.6. The molecule has 1 rings (SSSR count).